The first-order valence-corrected chi connectivity index (χ1v) is 8.45. The molecular weight excluding hydrogens is 256 g/mol. The molecule has 0 saturated carbocycles. The highest BCUT2D eigenvalue weighted by Gasteiger charge is 2.13. The molecule has 0 aromatic carbocycles. The third kappa shape index (κ3) is 12.4. The second kappa shape index (κ2) is 11.5. The minimum absolute atomic E-state index is 0.0798. The number of esters is 1. The maximum Gasteiger partial charge on any atom is 0.305 e. The second-order valence-corrected chi connectivity index (χ2v) is 6.28. The van der Waals surface area contributed by atoms with Crippen molar-refractivity contribution in [1.29, 1.82) is 0 Å². The summed E-state index contributed by atoms with van der Waals surface area (Å²) >= 11 is 0. The zero-order valence-corrected chi connectivity index (χ0v) is 15.3. The molecule has 19 heavy (non-hydrogen) atoms. The zero-order valence-electron chi connectivity index (χ0n) is 13.3. The van der Waals surface area contributed by atoms with Crippen LogP contribution in [0, 0.1) is 0 Å². The Morgan fingerprint density at radius 1 is 0.947 bits per heavy atom. The van der Waals surface area contributed by atoms with Gasteiger partial charge in [-0.15, -0.1) is 0 Å². The van der Waals surface area contributed by atoms with Gasteiger partial charge in [-0.3, -0.25) is 4.79 Å². The fourth-order valence-corrected chi connectivity index (χ4v) is 2.29. The number of rotatable bonds is 12. The molecular formula is C15H32O3Si. The molecule has 0 atom stereocenters. The van der Waals surface area contributed by atoms with Crippen LogP contribution in [-0.4, -0.2) is 29.2 Å². The fourth-order valence-electron chi connectivity index (χ4n) is 2.08. The lowest BCUT2D eigenvalue weighted by Gasteiger charge is -2.23. The first-order valence-electron chi connectivity index (χ1n) is 7.64. The van der Waals surface area contributed by atoms with E-state index in [1.165, 1.54) is 52.1 Å². The molecule has 0 radical (unpaired) electrons. The molecule has 0 fully saturated rings. The molecule has 114 valence electrons. The van der Waals surface area contributed by atoms with Gasteiger partial charge in [0.25, 0.3) is 0 Å². The Bertz CT molecular complexity index is 229. The van der Waals surface area contributed by atoms with Crippen molar-refractivity contribution >= 4 is 16.5 Å². The van der Waals surface area contributed by atoms with Crippen molar-refractivity contribution in [2.24, 2.45) is 0 Å². The summed E-state index contributed by atoms with van der Waals surface area (Å²) in [6.45, 7) is 4.36. The molecule has 3 nitrogen and oxygen atoms in total. The van der Waals surface area contributed by atoms with Crippen molar-refractivity contribution in [1.82, 2.24) is 0 Å². The van der Waals surface area contributed by atoms with Gasteiger partial charge in [0.05, 0.1) is 7.11 Å². The van der Waals surface area contributed by atoms with Crippen molar-refractivity contribution in [2.45, 2.75) is 83.7 Å². The first-order chi connectivity index (χ1) is 9.02. The van der Waals surface area contributed by atoms with E-state index >= 15 is 0 Å². The van der Waals surface area contributed by atoms with Gasteiger partial charge in [-0.1, -0.05) is 44.9 Å². The van der Waals surface area contributed by atoms with Gasteiger partial charge in [-0.25, -0.2) is 0 Å². The lowest BCUT2D eigenvalue weighted by atomic mass is 9.99. The third-order valence-electron chi connectivity index (χ3n) is 3.69. The summed E-state index contributed by atoms with van der Waals surface area (Å²) in [5.74, 6) is -0.0798. The van der Waals surface area contributed by atoms with Crippen LogP contribution in [0.2, 0.25) is 0 Å². The Labute approximate surface area is 122 Å². The molecule has 0 aromatic rings. The van der Waals surface area contributed by atoms with Gasteiger partial charge < -0.3 is 9.16 Å². The molecule has 4 heteroatoms. The molecule has 0 bridgehead atoms. The van der Waals surface area contributed by atoms with Gasteiger partial charge in [-0.05, 0) is 26.7 Å². The minimum atomic E-state index is -0.0798. The molecule has 0 spiro atoms. The van der Waals surface area contributed by atoms with Gasteiger partial charge in [0.2, 0.25) is 0 Å². The Balaban J connectivity index is 3.17. The van der Waals surface area contributed by atoms with Crippen LogP contribution in [0.4, 0.5) is 0 Å². The van der Waals surface area contributed by atoms with Gasteiger partial charge in [-0.2, -0.15) is 0 Å². The Morgan fingerprint density at radius 3 is 1.89 bits per heavy atom. The molecule has 0 rings (SSSR count). The topological polar surface area (TPSA) is 35.5 Å². The number of carbonyl (C=O) groups is 1. The number of hydrogen-bond acceptors (Lipinski definition) is 3. The highest BCUT2D eigenvalue weighted by atomic mass is 28.2. The predicted octanol–water partition coefficient (Wildman–Crippen LogP) is 3.14. The number of hydrogen-bond donors (Lipinski definition) is 0. The van der Waals surface area contributed by atoms with E-state index in [1.54, 1.807) is 0 Å². The van der Waals surface area contributed by atoms with E-state index in [9.17, 15) is 4.79 Å². The summed E-state index contributed by atoms with van der Waals surface area (Å²) in [5.41, 5.74) is 0.0973. The largest absolute Gasteiger partial charge is 0.469 e. The predicted molar refractivity (Wildman–Crippen MR) is 83.3 cm³/mol. The summed E-state index contributed by atoms with van der Waals surface area (Å²) < 4.78 is 10.2. The molecule has 0 aromatic heterocycles. The average molecular weight is 289 g/mol. The van der Waals surface area contributed by atoms with E-state index < -0.39 is 0 Å². The summed E-state index contributed by atoms with van der Waals surface area (Å²) in [5, 5.41) is 0. The van der Waals surface area contributed by atoms with Crippen LogP contribution < -0.4 is 0 Å². The van der Waals surface area contributed by atoms with Crippen molar-refractivity contribution in [3.63, 3.8) is 0 Å². The van der Waals surface area contributed by atoms with E-state index in [0.717, 1.165) is 23.3 Å². The third-order valence-corrected chi connectivity index (χ3v) is 4.80. The summed E-state index contributed by atoms with van der Waals surface area (Å²) in [6, 6.07) is 0. The molecule has 0 N–H and O–H groups in total. The maximum absolute atomic E-state index is 10.9. The molecule has 0 unspecified atom stereocenters. The summed E-state index contributed by atoms with van der Waals surface area (Å²) in [4.78, 5) is 10.9. The van der Waals surface area contributed by atoms with E-state index in [2.05, 4.69) is 18.6 Å². The first kappa shape index (κ1) is 18.6. The van der Waals surface area contributed by atoms with Crippen LogP contribution in [0.15, 0.2) is 0 Å². The lowest BCUT2D eigenvalue weighted by molar-refractivity contribution is -0.140. The van der Waals surface area contributed by atoms with Crippen molar-refractivity contribution in [3.05, 3.63) is 0 Å². The lowest BCUT2D eigenvalue weighted by Crippen LogP contribution is -2.22. The molecule has 0 aliphatic carbocycles. The average Bonchev–Trinajstić information content (AvgIpc) is 2.40. The molecule has 0 saturated heterocycles. The van der Waals surface area contributed by atoms with Crippen molar-refractivity contribution < 1.29 is 14.0 Å². The normalized spacial score (nSPS) is 11.7. The smallest absolute Gasteiger partial charge is 0.305 e. The van der Waals surface area contributed by atoms with E-state index in [0.29, 0.717) is 6.42 Å². The summed E-state index contributed by atoms with van der Waals surface area (Å²) in [6.07, 6.45) is 11.6. The van der Waals surface area contributed by atoms with Crippen LogP contribution in [-0.2, 0) is 14.0 Å². The van der Waals surface area contributed by atoms with Crippen molar-refractivity contribution in [2.75, 3.05) is 7.11 Å². The van der Waals surface area contributed by atoms with E-state index in [-0.39, 0.29) is 11.6 Å². The van der Waals surface area contributed by atoms with Crippen LogP contribution >= 0.6 is 0 Å². The number of methoxy groups -OCH3 is 1. The summed E-state index contributed by atoms with van der Waals surface area (Å²) in [7, 11) is 2.29. The Morgan fingerprint density at radius 2 is 1.42 bits per heavy atom. The molecule has 0 aliphatic rings. The van der Waals surface area contributed by atoms with E-state index in [1.807, 2.05) is 0 Å². The van der Waals surface area contributed by atoms with Gasteiger partial charge >= 0.3 is 5.97 Å². The maximum atomic E-state index is 10.9. The highest BCUT2D eigenvalue weighted by Crippen LogP contribution is 2.18. The minimum Gasteiger partial charge on any atom is -0.469 e. The zero-order chi connectivity index (χ0) is 14.6. The van der Waals surface area contributed by atoms with Crippen LogP contribution in [0.25, 0.3) is 0 Å². The monoisotopic (exact) mass is 288 g/mol. The number of ether oxygens (including phenoxy) is 1. The van der Waals surface area contributed by atoms with Crippen LogP contribution in [0.1, 0.15) is 78.1 Å². The highest BCUT2D eigenvalue weighted by molar-refractivity contribution is 5.98. The Kier molecular flexibility index (Phi) is 11.3. The van der Waals surface area contributed by atoms with Gasteiger partial charge in [0, 0.05) is 12.0 Å². The SMILES string of the molecule is COC(=O)CCCCCCCCCCC(C)(C)O[SiH3]. The molecule has 0 aliphatic heterocycles. The number of unbranched alkanes of at least 4 members (excludes halogenated alkanes) is 7. The van der Waals surface area contributed by atoms with Crippen LogP contribution in [0.5, 0.6) is 0 Å². The second-order valence-electron chi connectivity index (χ2n) is 5.87. The molecule has 0 heterocycles. The standard InChI is InChI=1S/C15H32O3Si/c1-15(2,18-19)13-11-9-7-5-4-6-8-10-12-14(16)17-3/h4-13H2,1-3,19H3. The molecule has 0 amide bonds. The fraction of sp³-hybridized carbons (Fsp3) is 0.933. The van der Waals surface area contributed by atoms with E-state index in [4.69, 9.17) is 4.43 Å². The van der Waals surface area contributed by atoms with Crippen molar-refractivity contribution in [3.8, 4) is 0 Å². The van der Waals surface area contributed by atoms with Gasteiger partial charge in [0.15, 0.2) is 0 Å². The number of carbonyl (C=O) groups excluding carboxylic acids is 1. The van der Waals surface area contributed by atoms with Gasteiger partial charge in [0.1, 0.15) is 10.5 Å². The quantitative estimate of drug-likeness (QED) is 0.314. The Hall–Kier alpha value is -0.353. The van der Waals surface area contributed by atoms with Crippen LogP contribution in [0.3, 0.4) is 0 Å².